The van der Waals surface area contributed by atoms with E-state index in [-0.39, 0.29) is 12.3 Å². The lowest BCUT2D eigenvalue weighted by molar-refractivity contribution is -0.145. The summed E-state index contributed by atoms with van der Waals surface area (Å²) in [4.78, 5) is 27.9. The highest BCUT2D eigenvalue weighted by Crippen LogP contribution is 2.45. The number of carboxylic acid groups (broad SMARTS) is 1. The molecule has 6 rings (SSSR count). The predicted octanol–water partition coefficient (Wildman–Crippen LogP) is 6.97. The number of para-hydroxylation sites is 1. The van der Waals surface area contributed by atoms with Crippen LogP contribution in [0.25, 0.3) is 21.3 Å². The van der Waals surface area contributed by atoms with E-state index in [1.807, 2.05) is 54.1 Å². The predicted molar refractivity (Wildman–Crippen MR) is 208 cm³/mol. The van der Waals surface area contributed by atoms with Gasteiger partial charge in [-0.25, -0.2) is 14.8 Å². The lowest BCUT2D eigenvalue weighted by Crippen LogP contribution is -2.45. The zero-order valence-corrected chi connectivity index (χ0v) is 32.2. The van der Waals surface area contributed by atoms with Gasteiger partial charge in [0.15, 0.2) is 0 Å². The molecule has 2 aromatic carbocycles. The van der Waals surface area contributed by atoms with Gasteiger partial charge in [-0.3, -0.25) is 9.58 Å². The van der Waals surface area contributed by atoms with Crippen molar-refractivity contribution in [3.05, 3.63) is 81.7 Å². The molecule has 11 nitrogen and oxygen atoms in total. The number of benzene rings is 2. The molecule has 0 saturated carbocycles. The summed E-state index contributed by atoms with van der Waals surface area (Å²) in [5.74, 6) is 6.42. The maximum absolute atomic E-state index is 12.8. The van der Waals surface area contributed by atoms with E-state index in [1.165, 1.54) is 17.7 Å². The molecule has 3 aromatic heterocycles. The van der Waals surface area contributed by atoms with Crippen molar-refractivity contribution < 1.29 is 24.1 Å². The molecule has 0 spiro atoms. The summed E-state index contributed by atoms with van der Waals surface area (Å²) in [6.07, 6.45) is 3.99. The van der Waals surface area contributed by atoms with Crippen LogP contribution in [0.15, 0.2) is 55.0 Å². The van der Waals surface area contributed by atoms with Gasteiger partial charge in [-0.05, 0) is 62.2 Å². The smallest absolute Gasteiger partial charge is 0.345 e. The Morgan fingerprint density at radius 1 is 1.06 bits per heavy atom. The second-order valence-electron chi connectivity index (χ2n) is 13.0. The first-order valence-electron chi connectivity index (χ1n) is 17.9. The number of hydrogen-bond acceptors (Lipinski definition) is 10. The van der Waals surface area contributed by atoms with E-state index in [4.69, 9.17) is 25.8 Å². The Hall–Kier alpha value is -4.67. The van der Waals surface area contributed by atoms with E-state index < -0.39 is 12.1 Å². The molecule has 1 aliphatic rings. The second-order valence-corrected chi connectivity index (χ2v) is 14.4. The molecule has 1 atom stereocenters. The molecular weight excluding hydrogens is 712 g/mol. The van der Waals surface area contributed by atoms with Crippen molar-refractivity contribution in [3.8, 4) is 40.3 Å². The molecule has 1 aliphatic heterocycles. The molecule has 278 valence electrons. The fraction of sp³-hybridized carbons (Fsp3) is 0.400. The molecule has 0 bridgehead atoms. The van der Waals surface area contributed by atoms with Gasteiger partial charge in [0.1, 0.15) is 35.9 Å². The maximum Gasteiger partial charge on any atom is 0.345 e. The van der Waals surface area contributed by atoms with Gasteiger partial charge in [0.2, 0.25) is 12.0 Å². The molecule has 4 heterocycles. The zero-order valence-electron chi connectivity index (χ0n) is 30.6. The summed E-state index contributed by atoms with van der Waals surface area (Å²) in [6.45, 7) is 12.4. The van der Waals surface area contributed by atoms with Crippen LogP contribution in [0, 0.1) is 18.8 Å². The van der Waals surface area contributed by atoms with E-state index >= 15 is 0 Å². The van der Waals surface area contributed by atoms with Gasteiger partial charge in [0, 0.05) is 57.4 Å². The number of thiophene rings is 1. The quantitative estimate of drug-likeness (QED) is 0.106. The molecule has 0 unspecified atom stereocenters. The van der Waals surface area contributed by atoms with Gasteiger partial charge in [0.25, 0.3) is 0 Å². The third-order valence-electron chi connectivity index (χ3n) is 9.38. The molecule has 0 amide bonds. The lowest BCUT2D eigenvalue weighted by Gasteiger charge is -2.32. The van der Waals surface area contributed by atoms with Crippen LogP contribution in [0.4, 0.5) is 0 Å². The zero-order chi connectivity index (χ0) is 37.3. The van der Waals surface area contributed by atoms with Gasteiger partial charge >= 0.3 is 5.97 Å². The Bertz CT molecular complexity index is 2100. The Balaban J connectivity index is 1.26. The first-order chi connectivity index (χ1) is 25.8. The SMILES string of the molecule is CC#Cc1sc2ncnc(O[C@H](Cc3ccccc3OCc3ccnn3CCCC)C(=O)O)c2c1-c1ccc(OCCN2CCN(C)CC2)c(Cl)c1C. The standard InChI is InChI=1S/C40H45ClN6O5S/c1-5-7-17-47-29(15-16-44-47)25-51-31-12-9-8-11-28(31)24-33(40(48)49)52-38-36-35(34(10-6-2)53-39(36)43-26-42-38)30-13-14-32(37(41)27(30)3)50-23-22-46-20-18-45(4)19-21-46/h8-9,11-16,26,33H,5,7,17-25H2,1-4H3,(H,48,49)/t33-/m1/s1. The van der Waals surface area contributed by atoms with Crippen LogP contribution < -0.4 is 14.2 Å². The van der Waals surface area contributed by atoms with Crippen molar-refractivity contribution in [2.45, 2.75) is 59.3 Å². The maximum atomic E-state index is 12.8. The number of aromatic nitrogens is 4. The molecule has 5 aromatic rings. The number of aliphatic carboxylic acids is 1. The van der Waals surface area contributed by atoms with Gasteiger partial charge in [-0.1, -0.05) is 55.1 Å². The molecular formula is C40H45ClN6O5S. The topological polar surface area (TPSA) is 115 Å². The number of aryl methyl sites for hydroxylation is 1. The number of carbonyl (C=O) groups is 1. The molecule has 13 heteroatoms. The third-order valence-corrected chi connectivity index (χ3v) is 10.9. The first-order valence-corrected chi connectivity index (χ1v) is 19.1. The minimum Gasteiger partial charge on any atom is -0.491 e. The normalized spacial score (nSPS) is 14.1. The van der Waals surface area contributed by atoms with Crippen LogP contribution in [0.2, 0.25) is 5.02 Å². The van der Waals surface area contributed by atoms with E-state index in [1.54, 1.807) is 13.1 Å². The van der Waals surface area contributed by atoms with Crippen LogP contribution >= 0.6 is 22.9 Å². The van der Waals surface area contributed by atoms with E-state index in [2.05, 4.69) is 50.7 Å². The van der Waals surface area contributed by atoms with Crippen molar-refractivity contribution in [1.29, 1.82) is 0 Å². The summed E-state index contributed by atoms with van der Waals surface area (Å²) >= 11 is 8.36. The van der Waals surface area contributed by atoms with Gasteiger partial charge in [-0.15, -0.1) is 17.3 Å². The number of unbranched alkanes of at least 4 members (excludes halogenated alkanes) is 1. The average Bonchev–Trinajstić information content (AvgIpc) is 3.77. The number of rotatable bonds is 16. The minimum atomic E-state index is -1.28. The number of fused-ring (bicyclic) bond motifs is 1. The summed E-state index contributed by atoms with van der Waals surface area (Å²) in [6, 6.07) is 13.2. The molecule has 0 radical (unpaired) electrons. The van der Waals surface area contributed by atoms with E-state index in [0.717, 1.165) is 79.4 Å². The molecule has 0 aliphatic carbocycles. The second kappa shape index (κ2) is 17.9. The van der Waals surface area contributed by atoms with Crippen LogP contribution in [0.1, 0.15) is 48.4 Å². The van der Waals surface area contributed by atoms with Crippen molar-refractivity contribution in [3.63, 3.8) is 0 Å². The van der Waals surface area contributed by atoms with Gasteiger partial charge in [0.05, 0.1) is 21.0 Å². The van der Waals surface area contributed by atoms with Crippen LogP contribution in [0.3, 0.4) is 0 Å². The van der Waals surface area contributed by atoms with Crippen LogP contribution in [-0.4, -0.2) is 93.1 Å². The molecule has 53 heavy (non-hydrogen) atoms. The van der Waals surface area contributed by atoms with Crippen molar-refractivity contribution in [2.24, 2.45) is 0 Å². The number of carboxylic acids is 1. The van der Waals surface area contributed by atoms with Crippen molar-refractivity contribution in [2.75, 3.05) is 46.4 Å². The van der Waals surface area contributed by atoms with Crippen LogP contribution in [0.5, 0.6) is 17.4 Å². The van der Waals surface area contributed by atoms with Crippen LogP contribution in [-0.2, 0) is 24.4 Å². The summed E-state index contributed by atoms with van der Waals surface area (Å²) < 4.78 is 20.6. The van der Waals surface area contributed by atoms with Gasteiger partial charge in [-0.2, -0.15) is 5.10 Å². The van der Waals surface area contributed by atoms with E-state index in [0.29, 0.717) is 45.5 Å². The Kier molecular flexibility index (Phi) is 12.9. The third kappa shape index (κ3) is 9.11. The van der Waals surface area contributed by atoms with E-state index in [9.17, 15) is 9.90 Å². The lowest BCUT2D eigenvalue weighted by atomic mass is 9.98. The number of piperazine rings is 1. The monoisotopic (exact) mass is 756 g/mol. The molecule has 1 saturated heterocycles. The number of hydrogen-bond donors (Lipinski definition) is 1. The molecule has 1 N–H and O–H groups in total. The Morgan fingerprint density at radius 2 is 1.87 bits per heavy atom. The fourth-order valence-corrected chi connectivity index (χ4v) is 7.60. The summed E-state index contributed by atoms with van der Waals surface area (Å²) in [7, 11) is 2.14. The number of nitrogens with zero attached hydrogens (tertiary/aromatic N) is 6. The van der Waals surface area contributed by atoms with Gasteiger partial charge < -0.3 is 24.2 Å². The average molecular weight is 757 g/mol. The highest BCUT2D eigenvalue weighted by molar-refractivity contribution is 7.19. The highest BCUT2D eigenvalue weighted by atomic mass is 35.5. The summed E-state index contributed by atoms with van der Waals surface area (Å²) in [5, 5.41) is 15.9. The summed E-state index contributed by atoms with van der Waals surface area (Å²) in [5.41, 5.74) is 3.99. The number of halogens is 1. The van der Waals surface area contributed by atoms with Crippen molar-refractivity contribution in [1.82, 2.24) is 29.5 Å². The first kappa shape index (κ1) is 38.1. The van der Waals surface area contributed by atoms with Crippen molar-refractivity contribution >= 4 is 39.1 Å². The highest BCUT2D eigenvalue weighted by Gasteiger charge is 2.28. The number of likely N-dealkylation sites (N-methyl/N-ethyl adjacent to an activating group) is 1. The largest absolute Gasteiger partial charge is 0.491 e. The number of ether oxygens (including phenoxy) is 3. The Morgan fingerprint density at radius 3 is 2.64 bits per heavy atom. The Labute approximate surface area is 319 Å². The minimum absolute atomic E-state index is 0.0399. The fourth-order valence-electron chi connectivity index (χ4n) is 6.32. The molecule has 1 fully saturated rings.